The second kappa shape index (κ2) is 8.71. The van der Waals surface area contributed by atoms with Gasteiger partial charge in [0.05, 0.1) is 4.90 Å². The standard InChI is InChI=1S/C20H29N3O4S/c1-16-7-10-22(15-16)20(25)8-9-21-11-13-23(14-12-21)28(26,27)19-5-3-18(4-6-19)17(2)24/h3-6,16H,7-15H2,1-2H3/t16-/m1/s1. The van der Waals surface area contributed by atoms with Crippen LogP contribution in [0.1, 0.15) is 37.0 Å². The molecule has 0 unspecified atom stereocenters. The quantitative estimate of drug-likeness (QED) is 0.667. The maximum Gasteiger partial charge on any atom is 0.243 e. The Morgan fingerprint density at radius 1 is 1.04 bits per heavy atom. The number of carbonyl (C=O) groups excluding carboxylic acids is 2. The molecule has 154 valence electrons. The minimum Gasteiger partial charge on any atom is -0.342 e. The number of nitrogens with zero attached hydrogens (tertiary/aromatic N) is 3. The predicted molar refractivity (Wildman–Crippen MR) is 107 cm³/mol. The molecule has 2 aliphatic rings. The molecule has 0 radical (unpaired) electrons. The number of amides is 1. The van der Waals surface area contributed by atoms with Gasteiger partial charge in [0.15, 0.2) is 5.78 Å². The van der Waals surface area contributed by atoms with Crippen molar-refractivity contribution in [3.05, 3.63) is 29.8 Å². The first-order valence-corrected chi connectivity index (χ1v) is 11.3. The van der Waals surface area contributed by atoms with Crippen LogP contribution in [0.3, 0.4) is 0 Å². The first-order valence-electron chi connectivity index (χ1n) is 9.88. The molecule has 0 spiro atoms. The first kappa shape index (κ1) is 21.0. The van der Waals surface area contributed by atoms with Crippen LogP contribution in [0, 0.1) is 5.92 Å². The molecule has 2 heterocycles. The minimum absolute atomic E-state index is 0.0875. The van der Waals surface area contributed by atoms with E-state index < -0.39 is 10.0 Å². The van der Waals surface area contributed by atoms with E-state index in [1.54, 1.807) is 12.1 Å². The summed E-state index contributed by atoms with van der Waals surface area (Å²) in [5.74, 6) is 0.697. The van der Waals surface area contributed by atoms with E-state index in [9.17, 15) is 18.0 Å². The highest BCUT2D eigenvalue weighted by Gasteiger charge is 2.29. The number of likely N-dealkylation sites (tertiary alicyclic amines) is 1. The molecule has 2 saturated heterocycles. The van der Waals surface area contributed by atoms with E-state index in [2.05, 4.69) is 11.8 Å². The molecule has 3 rings (SSSR count). The van der Waals surface area contributed by atoms with Crippen molar-refractivity contribution in [1.82, 2.24) is 14.1 Å². The zero-order chi connectivity index (χ0) is 20.3. The number of rotatable bonds is 6. The van der Waals surface area contributed by atoms with Crippen molar-refractivity contribution < 1.29 is 18.0 Å². The molecule has 1 atom stereocenters. The second-order valence-corrected chi connectivity index (χ2v) is 9.75. The highest BCUT2D eigenvalue weighted by atomic mass is 32.2. The lowest BCUT2D eigenvalue weighted by Crippen LogP contribution is -2.49. The summed E-state index contributed by atoms with van der Waals surface area (Å²) in [7, 11) is -3.56. The smallest absolute Gasteiger partial charge is 0.243 e. The Bertz CT molecular complexity index is 814. The number of sulfonamides is 1. The summed E-state index contributed by atoms with van der Waals surface area (Å²) in [6.45, 7) is 8.06. The largest absolute Gasteiger partial charge is 0.342 e. The van der Waals surface area contributed by atoms with Crippen LogP contribution in [0.25, 0.3) is 0 Å². The van der Waals surface area contributed by atoms with Crippen LogP contribution in [-0.4, -0.2) is 80.0 Å². The summed E-state index contributed by atoms with van der Waals surface area (Å²) in [6, 6.07) is 6.09. The Hall–Kier alpha value is -1.77. The number of carbonyl (C=O) groups is 2. The van der Waals surface area contributed by atoms with Gasteiger partial charge < -0.3 is 9.80 Å². The van der Waals surface area contributed by atoms with Crippen molar-refractivity contribution in [3.63, 3.8) is 0 Å². The fourth-order valence-electron chi connectivity index (χ4n) is 3.78. The average Bonchev–Trinajstić information content (AvgIpc) is 3.13. The fraction of sp³-hybridized carbons (Fsp3) is 0.600. The molecular formula is C20H29N3O4S. The van der Waals surface area contributed by atoms with Crippen molar-refractivity contribution in [2.24, 2.45) is 5.92 Å². The number of piperazine rings is 1. The molecule has 2 aliphatic heterocycles. The third-order valence-electron chi connectivity index (χ3n) is 5.65. The lowest BCUT2D eigenvalue weighted by molar-refractivity contribution is -0.130. The van der Waals surface area contributed by atoms with E-state index >= 15 is 0 Å². The lowest BCUT2D eigenvalue weighted by Gasteiger charge is -2.34. The van der Waals surface area contributed by atoms with Crippen LogP contribution >= 0.6 is 0 Å². The predicted octanol–water partition coefficient (Wildman–Crippen LogP) is 1.45. The van der Waals surface area contributed by atoms with Gasteiger partial charge in [0.2, 0.25) is 15.9 Å². The van der Waals surface area contributed by atoms with E-state index in [0.29, 0.717) is 50.6 Å². The monoisotopic (exact) mass is 407 g/mol. The summed E-state index contributed by atoms with van der Waals surface area (Å²) in [4.78, 5) is 28.0. The van der Waals surface area contributed by atoms with Gasteiger partial charge in [-0.25, -0.2) is 8.42 Å². The van der Waals surface area contributed by atoms with E-state index in [-0.39, 0.29) is 16.6 Å². The Morgan fingerprint density at radius 2 is 1.68 bits per heavy atom. The molecule has 2 fully saturated rings. The topological polar surface area (TPSA) is 78.0 Å². The van der Waals surface area contributed by atoms with Gasteiger partial charge in [-0.15, -0.1) is 0 Å². The van der Waals surface area contributed by atoms with Gasteiger partial charge >= 0.3 is 0 Å². The van der Waals surface area contributed by atoms with Crippen LogP contribution in [0.2, 0.25) is 0 Å². The molecule has 0 N–H and O–H groups in total. The second-order valence-electron chi connectivity index (χ2n) is 7.81. The number of hydrogen-bond acceptors (Lipinski definition) is 5. The van der Waals surface area contributed by atoms with Crippen molar-refractivity contribution in [3.8, 4) is 0 Å². The summed E-state index contributed by atoms with van der Waals surface area (Å²) >= 11 is 0. The zero-order valence-corrected chi connectivity index (χ0v) is 17.5. The lowest BCUT2D eigenvalue weighted by atomic mass is 10.2. The van der Waals surface area contributed by atoms with Crippen LogP contribution < -0.4 is 0 Å². The Labute approximate surface area is 167 Å². The van der Waals surface area contributed by atoms with Crippen LogP contribution in [0.5, 0.6) is 0 Å². The maximum absolute atomic E-state index is 12.8. The average molecular weight is 408 g/mol. The Kier molecular flexibility index (Phi) is 6.52. The molecule has 0 saturated carbocycles. The van der Waals surface area contributed by atoms with Gasteiger partial charge in [-0.3, -0.25) is 9.59 Å². The molecule has 1 aromatic carbocycles. The SMILES string of the molecule is CC(=O)c1ccc(S(=O)(=O)N2CCN(CCC(=O)N3CC[C@@H](C)C3)CC2)cc1. The summed E-state index contributed by atoms with van der Waals surface area (Å²) < 4.78 is 27.1. The molecule has 0 bridgehead atoms. The van der Waals surface area contributed by atoms with Crippen molar-refractivity contribution in [2.45, 2.75) is 31.6 Å². The van der Waals surface area contributed by atoms with Gasteiger partial charge in [0.25, 0.3) is 0 Å². The van der Waals surface area contributed by atoms with Crippen LogP contribution in [-0.2, 0) is 14.8 Å². The van der Waals surface area contributed by atoms with Crippen LogP contribution in [0.4, 0.5) is 0 Å². The third kappa shape index (κ3) is 4.79. The summed E-state index contributed by atoms with van der Waals surface area (Å²) in [6.07, 6.45) is 1.57. The molecule has 1 amide bonds. The number of hydrogen-bond donors (Lipinski definition) is 0. The molecule has 28 heavy (non-hydrogen) atoms. The van der Waals surface area contributed by atoms with Crippen LogP contribution in [0.15, 0.2) is 29.2 Å². The molecule has 1 aromatic rings. The number of benzene rings is 1. The minimum atomic E-state index is -3.56. The van der Waals surface area contributed by atoms with E-state index in [1.807, 2.05) is 4.90 Å². The third-order valence-corrected chi connectivity index (χ3v) is 7.56. The van der Waals surface area contributed by atoms with E-state index in [4.69, 9.17) is 0 Å². The Morgan fingerprint density at radius 3 is 2.21 bits per heavy atom. The zero-order valence-electron chi connectivity index (χ0n) is 16.6. The molecule has 0 aliphatic carbocycles. The summed E-state index contributed by atoms with van der Waals surface area (Å²) in [5, 5.41) is 0. The van der Waals surface area contributed by atoms with Gasteiger partial charge in [-0.05, 0) is 31.4 Å². The van der Waals surface area contributed by atoms with Gasteiger partial charge in [-0.1, -0.05) is 19.1 Å². The molecule has 7 nitrogen and oxygen atoms in total. The molecular weight excluding hydrogens is 378 g/mol. The fourth-order valence-corrected chi connectivity index (χ4v) is 5.20. The molecule has 8 heteroatoms. The number of Topliss-reactive ketones (excluding diaryl/α,β-unsaturated/α-hetero) is 1. The van der Waals surface area contributed by atoms with E-state index in [0.717, 1.165) is 19.5 Å². The van der Waals surface area contributed by atoms with E-state index in [1.165, 1.54) is 23.4 Å². The van der Waals surface area contributed by atoms with Crippen molar-refractivity contribution in [2.75, 3.05) is 45.8 Å². The number of ketones is 1. The highest BCUT2D eigenvalue weighted by Crippen LogP contribution is 2.19. The molecule has 0 aromatic heterocycles. The normalized spacial score (nSPS) is 21.8. The van der Waals surface area contributed by atoms with Gasteiger partial charge in [-0.2, -0.15) is 4.31 Å². The van der Waals surface area contributed by atoms with Gasteiger partial charge in [0.1, 0.15) is 0 Å². The Balaban J connectivity index is 1.50. The first-order chi connectivity index (χ1) is 13.3. The maximum atomic E-state index is 12.8. The van der Waals surface area contributed by atoms with Crippen molar-refractivity contribution in [1.29, 1.82) is 0 Å². The highest BCUT2D eigenvalue weighted by molar-refractivity contribution is 7.89. The summed E-state index contributed by atoms with van der Waals surface area (Å²) in [5.41, 5.74) is 0.501. The van der Waals surface area contributed by atoms with Crippen molar-refractivity contribution >= 4 is 21.7 Å². The van der Waals surface area contributed by atoms with Gasteiger partial charge in [0, 0.05) is 57.8 Å².